The van der Waals surface area contributed by atoms with Crippen molar-refractivity contribution in [3.63, 3.8) is 0 Å². The summed E-state index contributed by atoms with van der Waals surface area (Å²) in [5, 5.41) is 8.71. The number of ether oxygens (including phenoxy) is 2. The minimum Gasteiger partial charge on any atom is -0.465 e. The summed E-state index contributed by atoms with van der Waals surface area (Å²) >= 11 is 0. The maximum atomic E-state index is 12.1. The molecule has 0 aromatic heterocycles. The van der Waals surface area contributed by atoms with Gasteiger partial charge in [0.1, 0.15) is 11.8 Å². The molecular weight excluding hydrogens is 251 g/mol. The van der Waals surface area contributed by atoms with Crippen molar-refractivity contribution in [3.8, 4) is 11.8 Å². The van der Waals surface area contributed by atoms with E-state index in [1.54, 1.807) is 6.07 Å². The number of aryl methyl sites for hydroxylation is 1. The molecule has 1 rings (SSSR count). The van der Waals surface area contributed by atoms with E-state index in [1.807, 2.05) is 0 Å². The molecular formula is C11H8F3NO3. The lowest BCUT2D eigenvalue weighted by molar-refractivity contribution is -0.274. The molecule has 0 saturated carbocycles. The molecule has 0 aliphatic rings. The minimum atomic E-state index is -4.94. The van der Waals surface area contributed by atoms with E-state index >= 15 is 0 Å². The number of methoxy groups -OCH3 is 1. The van der Waals surface area contributed by atoms with E-state index in [0.29, 0.717) is 5.56 Å². The Morgan fingerprint density at radius 2 is 2.00 bits per heavy atom. The lowest BCUT2D eigenvalue weighted by Gasteiger charge is -2.12. The summed E-state index contributed by atoms with van der Waals surface area (Å²) in [6.45, 7) is 1.48. The molecule has 0 bridgehead atoms. The van der Waals surface area contributed by atoms with Gasteiger partial charge in [0, 0.05) is 0 Å². The van der Waals surface area contributed by atoms with Crippen LogP contribution < -0.4 is 4.74 Å². The highest BCUT2D eigenvalue weighted by Crippen LogP contribution is 2.29. The Hall–Kier alpha value is -2.23. The van der Waals surface area contributed by atoms with Crippen LogP contribution in [0.4, 0.5) is 13.2 Å². The summed E-state index contributed by atoms with van der Waals surface area (Å²) in [5.74, 6) is -1.53. The summed E-state index contributed by atoms with van der Waals surface area (Å²) in [4.78, 5) is 11.3. The van der Waals surface area contributed by atoms with Crippen molar-refractivity contribution in [1.29, 1.82) is 5.26 Å². The first-order valence-electron chi connectivity index (χ1n) is 4.67. The number of carbonyl (C=O) groups is 1. The highest BCUT2D eigenvalue weighted by atomic mass is 19.4. The summed E-state index contributed by atoms with van der Waals surface area (Å²) < 4.78 is 44.5. The molecule has 7 heteroatoms. The molecule has 18 heavy (non-hydrogen) atoms. The first-order valence-corrected chi connectivity index (χ1v) is 4.67. The van der Waals surface area contributed by atoms with Crippen molar-refractivity contribution < 1.29 is 27.4 Å². The Bertz CT molecular complexity index is 517. The second kappa shape index (κ2) is 4.96. The lowest BCUT2D eigenvalue weighted by Crippen LogP contribution is -2.18. The molecule has 4 nitrogen and oxygen atoms in total. The predicted octanol–water partition coefficient (Wildman–Crippen LogP) is 2.55. The summed E-state index contributed by atoms with van der Waals surface area (Å²) in [7, 11) is 1.10. The Labute approximate surface area is 101 Å². The Balaban J connectivity index is 3.32. The maximum Gasteiger partial charge on any atom is 0.573 e. The van der Waals surface area contributed by atoms with Gasteiger partial charge in [0.2, 0.25) is 0 Å². The molecule has 1 aromatic carbocycles. The number of nitrogens with zero attached hydrogens (tertiary/aromatic N) is 1. The zero-order valence-electron chi connectivity index (χ0n) is 9.46. The average Bonchev–Trinajstić information content (AvgIpc) is 2.28. The Morgan fingerprint density at radius 3 is 2.44 bits per heavy atom. The van der Waals surface area contributed by atoms with Crippen LogP contribution in [0, 0.1) is 18.3 Å². The average molecular weight is 259 g/mol. The molecule has 1 aromatic rings. The number of nitriles is 1. The number of hydrogen-bond acceptors (Lipinski definition) is 4. The van der Waals surface area contributed by atoms with E-state index in [-0.39, 0.29) is 11.1 Å². The van der Waals surface area contributed by atoms with Crippen LogP contribution in [-0.2, 0) is 4.74 Å². The van der Waals surface area contributed by atoms with Crippen LogP contribution in [0.1, 0.15) is 21.5 Å². The fraction of sp³-hybridized carbons (Fsp3) is 0.273. The van der Waals surface area contributed by atoms with Gasteiger partial charge in [-0.25, -0.2) is 4.79 Å². The first kappa shape index (κ1) is 13.8. The van der Waals surface area contributed by atoms with E-state index in [4.69, 9.17) is 5.26 Å². The van der Waals surface area contributed by atoms with E-state index in [9.17, 15) is 18.0 Å². The number of halogens is 3. The minimum absolute atomic E-state index is 0.0873. The number of alkyl halides is 3. The molecule has 0 spiro atoms. The topological polar surface area (TPSA) is 59.3 Å². The zero-order chi connectivity index (χ0) is 13.9. The van der Waals surface area contributed by atoms with Gasteiger partial charge in [-0.2, -0.15) is 5.26 Å². The van der Waals surface area contributed by atoms with Crippen LogP contribution in [0.2, 0.25) is 0 Å². The van der Waals surface area contributed by atoms with Gasteiger partial charge in [0.15, 0.2) is 0 Å². The summed E-state index contributed by atoms with van der Waals surface area (Å²) in [6.07, 6.45) is -4.94. The number of benzene rings is 1. The quantitative estimate of drug-likeness (QED) is 0.766. The summed E-state index contributed by atoms with van der Waals surface area (Å²) in [5.41, 5.74) is -0.0684. The lowest BCUT2D eigenvalue weighted by atomic mass is 10.0. The molecule has 0 atom stereocenters. The van der Waals surface area contributed by atoms with Crippen molar-refractivity contribution in [1.82, 2.24) is 0 Å². The molecule has 0 amide bonds. The fourth-order valence-corrected chi connectivity index (χ4v) is 1.31. The Morgan fingerprint density at radius 1 is 1.39 bits per heavy atom. The molecule has 0 aliphatic heterocycles. The maximum absolute atomic E-state index is 12.1. The summed E-state index contributed by atoms with van der Waals surface area (Å²) in [6, 6.07) is 3.54. The van der Waals surface area contributed by atoms with Gasteiger partial charge >= 0.3 is 12.3 Å². The van der Waals surface area contributed by atoms with Crippen LogP contribution in [0.5, 0.6) is 5.75 Å². The van der Waals surface area contributed by atoms with Crippen molar-refractivity contribution in [2.75, 3.05) is 7.11 Å². The molecule has 0 saturated heterocycles. The van der Waals surface area contributed by atoms with E-state index < -0.39 is 18.1 Å². The van der Waals surface area contributed by atoms with Crippen LogP contribution >= 0.6 is 0 Å². The van der Waals surface area contributed by atoms with Gasteiger partial charge in [0.05, 0.1) is 18.2 Å². The van der Waals surface area contributed by atoms with Crippen LogP contribution in [0.25, 0.3) is 0 Å². The number of esters is 1. The molecule has 0 radical (unpaired) electrons. The van der Waals surface area contributed by atoms with E-state index in [2.05, 4.69) is 9.47 Å². The van der Waals surface area contributed by atoms with Gasteiger partial charge < -0.3 is 9.47 Å². The first-order chi connectivity index (χ1) is 8.28. The van der Waals surface area contributed by atoms with Crippen molar-refractivity contribution in [2.45, 2.75) is 13.3 Å². The zero-order valence-corrected chi connectivity index (χ0v) is 9.46. The molecule has 0 unspecified atom stereocenters. The van der Waals surface area contributed by atoms with Gasteiger partial charge in [-0.05, 0) is 24.6 Å². The van der Waals surface area contributed by atoms with Gasteiger partial charge in [-0.3, -0.25) is 0 Å². The third-order valence-corrected chi connectivity index (χ3v) is 2.08. The standard InChI is InChI=1S/C11H8F3NO3/c1-6-3-7(5-15)9(18-11(12,13)14)4-8(6)10(16)17-2/h3-4H,1-2H3. The Kier molecular flexibility index (Phi) is 3.81. The predicted molar refractivity (Wildman–Crippen MR) is 53.9 cm³/mol. The molecule has 96 valence electrons. The third-order valence-electron chi connectivity index (χ3n) is 2.08. The van der Waals surface area contributed by atoms with Crippen molar-refractivity contribution >= 4 is 5.97 Å². The van der Waals surface area contributed by atoms with Crippen LogP contribution in [0.15, 0.2) is 12.1 Å². The monoisotopic (exact) mass is 259 g/mol. The van der Waals surface area contributed by atoms with E-state index in [0.717, 1.165) is 19.2 Å². The second-order valence-corrected chi connectivity index (χ2v) is 3.31. The number of hydrogen-bond donors (Lipinski definition) is 0. The van der Waals surface area contributed by atoms with Crippen LogP contribution in [-0.4, -0.2) is 19.4 Å². The van der Waals surface area contributed by atoms with Crippen molar-refractivity contribution in [2.24, 2.45) is 0 Å². The number of carbonyl (C=O) groups excluding carboxylic acids is 1. The molecule has 0 N–H and O–H groups in total. The number of rotatable bonds is 2. The van der Waals surface area contributed by atoms with Crippen molar-refractivity contribution in [3.05, 3.63) is 28.8 Å². The van der Waals surface area contributed by atoms with Gasteiger partial charge in [0.25, 0.3) is 0 Å². The highest BCUT2D eigenvalue weighted by Gasteiger charge is 2.32. The smallest absolute Gasteiger partial charge is 0.465 e. The fourth-order valence-electron chi connectivity index (χ4n) is 1.31. The second-order valence-electron chi connectivity index (χ2n) is 3.31. The highest BCUT2D eigenvalue weighted by molar-refractivity contribution is 5.91. The van der Waals surface area contributed by atoms with Gasteiger partial charge in [-0.1, -0.05) is 0 Å². The SMILES string of the molecule is COC(=O)c1cc(OC(F)(F)F)c(C#N)cc1C. The van der Waals surface area contributed by atoms with Gasteiger partial charge in [-0.15, -0.1) is 13.2 Å². The molecule has 0 aliphatic carbocycles. The molecule has 0 fully saturated rings. The largest absolute Gasteiger partial charge is 0.573 e. The van der Waals surface area contributed by atoms with E-state index in [1.165, 1.54) is 6.92 Å². The molecule has 0 heterocycles. The van der Waals surface area contributed by atoms with Crippen LogP contribution in [0.3, 0.4) is 0 Å². The normalized spacial score (nSPS) is 10.7. The third kappa shape index (κ3) is 3.13.